The Morgan fingerprint density at radius 3 is 2.21 bits per heavy atom. The molecule has 3 aromatic rings. The fraction of sp³-hybridized carbons (Fsp3) is 0.238. The summed E-state index contributed by atoms with van der Waals surface area (Å²) in [4.78, 5) is 4.86. The predicted molar refractivity (Wildman–Crippen MR) is 94.0 cm³/mol. The van der Waals surface area contributed by atoms with E-state index in [0.717, 1.165) is 18.7 Å². The van der Waals surface area contributed by atoms with E-state index >= 15 is 0 Å². The Labute approximate surface area is 155 Å². The van der Waals surface area contributed by atoms with Crippen LogP contribution in [-0.4, -0.2) is 4.98 Å². The minimum absolute atomic E-state index is 0. The summed E-state index contributed by atoms with van der Waals surface area (Å²) in [5.74, 6) is 0. The second-order valence-electron chi connectivity index (χ2n) is 5.87. The lowest BCUT2D eigenvalue weighted by atomic mass is 10.1. The molecule has 0 spiro atoms. The third kappa shape index (κ3) is 5.00. The second-order valence-corrected chi connectivity index (χ2v) is 5.87. The highest BCUT2D eigenvalue weighted by molar-refractivity contribution is 5.57. The molecule has 0 N–H and O–H groups in total. The molecule has 0 saturated carbocycles. The van der Waals surface area contributed by atoms with E-state index < -0.39 is 0 Å². The van der Waals surface area contributed by atoms with Crippen molar-refractivity contribution >= 4 is 0 Å². The quantitative estimate of drug-likeness (QED) is 0.589. The molecule has 2 aromatic carbocycles. The molecule has 0 fully saturated rings. The SMILES string of the molecule is CCCCc1c[n+](Cc2ccccc2)cc(-c2ccccc2)n1.[Br-]. The predicted octanol–water partition coefficient (Wildman–Crippen LogP) is 1.43. The summed E-state index contributed by atoms with van der Waals surface area (Å²) in [6, 6.07) is 21.0. The molecular formula is C21H23BrN2. The van der Waals surface area contributed by atoms with Crippen molar-refractivity contribution in [3.63, 3.8) is 0 Å². The smallest absolute Gasteiger partial charge is 0.195 e. The highest BCUT2D eigenvalue weighted by Gasteiger charge is 2.11. The Morgan fingerprint density at radius 1 is 0.875 bits per heavy atom. The van der Waals surface area contributed by atoms with Gasteiger partial charge in [0, 0.05) is 11.1 Å². The van der Waals surface area contributed by atoms with Crippen molar-refractivity contribution in [2.45, 2.75) is 32.7 Å². The highest BCUT2D eigenvalue weighted by atomic mass is 79.9. The number of benzene rings is 2. The zero-order chi connectivity index (χ0) is 15.9. The molecule has 3 rings (SSSR count). The Morgan fingerprint density at radius 2 is 1.54 bits per heavy atom. The first-order chi connectivity index (χ1) is 11.3. The van der Waals surface area contributed by atoms with E-state index in [-0.39, 0.29) is 17.0 Å². The van der Waals surface area contributed by atoms with Crippen LogP contribution < -0.4 is 21.5 Å². The minimum atomic E-state index is 0. The van der Waals surface area contributed by atoms with Crippen molar-refractivity contribution < 1.29 is 21.5 Å². The fourth-order valence-corrected chi connectivity index (χ4v) is 2.71. The van der Waals surface area contributed by atoms with Gasteiger partial charge in [0.15, 0.2) is 18.9 Å². The first-order valence-electron chi connectivity index (χ1n) is 8.34. The first kappa shape index (κ1) is 18.3. The van der Waals surface area contributed by atoms with Gasteiger partial charge >= 0.3 is 0 Å². The van der Waals surface area contributed by atoms with Crippen molar-refractivity contribution in [1.29, 1.82) is 0 Å². The van der Waals surface area contributed by atoms with Crippen molar-refractivity contribution in [1.82, 2.24) is 4.98 Å². The summed E-state index contributed by atoms with van der Waals surface area (Å²) in [5.41, 5.74) is 4.70. The summed E-state index contributed by atoms with van der Waals surface area (Å²) in [5, 5.41) is 0. The van der Waals surface area contributed by atoms with Crippen LogP contribution in [0.3, 0.4) is 0 Å². The monoisotopic (exact) mass is 382 g/mol. The standard InChI is InChI=1S/C21H23N2.BrH/c1-2-3-14-20-16-23(15-18-10-6-4-7-11-18)17-21(22-20)19-12-8-5-9-13-19;/h4-13,16-17H,2-3,14-15H2,1H3;1H/q+1;/p-1. The van der Waals surface area contributed by atoms with Crippen LogP contribution in [0.2, 0.25) is 0 Å². The molecule has 0 radical (unpaired) electrons. The summed E-state index contributed by atoms with van der Waals surface area (Å²) < 4.78 is 2.26. The number of aryl methyl sites for hydroxylation is 1. The van der Waals surface area contributed by atoms with E-state index in [1.807, 2.05) is 6.07 Å². The average Bonchev–Trinajstić information content (AvgIpc) is 2.61. The number of unbranched alkanes of at least 4 members (excludes halogenated alkanes) is 1. The van der Waals surface area contributed by atoms with Crippen LogP contribution >= 0.6 is 0 Å². The molecule has 0 bridgehead atoms. The van der Waals surface area contributed by atoms with Crippen LogP contribution in [-0.2, 0) is 13.0 Å². The molecule has 0 atom stereocenters. The topological polar surface area (TPSA) is 16.8 Å². The van der Waals surface area contributed by atoms with Gasteiger partial charge in [-0.15, -0.1) is 0 Å². The summed E-state index contributed by atoms with van der Waals surface area (Å²) in [6.07, 6.45) is 7.74. The molecule has 0 aliphatic heterocycles. The maximum absolute atomic E-state index is 4.86. The van der Waals surface area contributed by atoms with E-state index in [1.54, 1.807) is 0 Å². The van der Waals surface area contributed by atoms with Crippen molar-refractivity contribution in [2.24, 2.45) is 0 Å². The number of hydrogen-bond acceptors (Lipinski definition) is 1. The number of halogens is 1. The van der Waals surface area contributed by atoms with E-state index in [2.05, 4.69) is 78.5 Å². The molecule has 124 valence electrons. The highest BCUT2D eigenvalue weighted by Crippen LogP contribution is 2.15. The summed E-state index contributed by atoms with van der Waals surface area (Å²) in [7, 11) is 0. The summed E-state index contributed by atoms with van der Waals surface area (Å²) in [6.45, 7) is 3.10. The molecule has 0 unspecified atom stereocenters. The van der Waals surface area contributed by atoms with Gasteiger partial charge in [-0.2, -0.15) is 4.57 Å². The number of aromatic nitrogens is 2. The zero-order valence-electron chi connectivity index (χ0n) is 14.0. The molecule has 0 saturated heterocycles. The lowest BCUT2D eigenvalue weighted by Crippen LogP contribution is -3.00. The maximum atomic E-state index is 4.86. The van der Waals surface area contributed by atoms with Gasteiger partial charge in [-0.25, -0.2) is 4.98 Å². The van der Waals surface area contributed by atoms with E-state index in [4.69, 9.17) is 4.98 Å². The van der Waals surface area contributed by atoms with Gasteiger partial charge in [0.25, 0.3) is 0 Å². The normalized spacial score (nSPS) is 10.2. The second kappa shape index (κ2) is 9.33. The van der Waals surface area contributed by atoms with Gasteiger partial charge in [-0.1, -0.05) is 74.0 Å². The van der Waals surface area contributed by atoms with Crippen LogP contribution in [0.4, 0.5) is 0 Å². The third-order valence-electron chi connectivity index (χ3n) is 3.93. The number of hydrogen-bond donors (Lipinski definition) is 0. The van der Waals surface area contributed by atoms with Crippen LogP contribution in [0.5, 0.6) is 0 Å². The Hall–Kier alpha value is -2.00. The van der Waals surface area contributed by atoms with Gasteiger partial charge < -0.3 is 17.0 Å². The molecular weight excluding hydrogens is 360 g/mol. The van der Waals surface area contributed by atoms with Crippen LogP contribution in [0.15, 0.2) is 73.1 Å². The van der Waals surface area contributed by atoms with Gasteiger partial charge in [-0.05, 0) is 12.8 Å². The van der Waals surface area contributed by atoms with Gasteiger partial charge in [0.05, 0.1) is 0 Å². The lowest BCUT2D eigenvalue weighted by molar-refractivity contribution is -0.688. The Balaban J connectivity index is 0.00000208. The van der Waals surface area contributed by atoms with E-state index in [0.29, 0.717) is 0 Å². The lowest BCUT2D eigenvalue weighted by Gasteiger charge is -2.05. The third-order valence-corrected chi connectivity index (χ3v) is 3.93. The number of rotatable bonds is 6. The molecule has 0 aliphatic carbocycles. The molecule has 3 heteroatoms. The maximum Gasteiger partial charge on any atom is 0.195 e. The minimum Gasteiger partial charge on any atom is -1.00 e. The van der Waals surface area contributed by atoms with Gasteiger partial charge in [0.1, 0.15) is 11.4 Å². The molecule has 1 aromatic heterocycles. The Kier molecular flexibility index (Phi) is 7.13. The zero-order valence-corrected chi connectivity index (χ0v) is 15.6. The van der Waals surface area contributed by atoms with Crippen LogP contribution in [0.1, 0.15) is 31.0 Å². The van der Waals surface area contributed by atoms with Crippen molar-refractivity contribution in [3.8, 4) is 11.3 Å². The van der Waals surface area contributed by atoms with Crippen LogP contribution in [0, 0.1) is 0 Å². The summed E-state index contributed by atoms with van der Waals surface area (Å²) >= 11 is 0. The van der Waals surface area contributed by atoms with Gasteiger partial charge in [0.2, 0.25) is 0 Å². The molecule has 0 aliphatic rings. The molecule has 2 nitrogen and oxygen atoms in total. The van der Waals surface area contributed by atoms with Crippen molar-refractivity contribution in [2.75, 3.05) is 0 Å². The molecule has 1 heterocycles. The average molecular weight is 383 g/mol. The van der Waals surface area contributed by atoms with Crippen molar-refractivity contribution in [3.05, 3.63) is 84.3 Å². The number of nitrogens with zero attached hydrogens (tertiary/aromatic N) is 2. The van der Waals surface area contributed by atoms with E-state index in [9.17, 15) is 0 Å². The largest absolute Gasteiger partial charge is 1.00 e. The van der Waals surface area contributed by atoms with Crippen LogP contribution in [0.25, 0.3) is 11.3 Å². The first-order valence-corrected chi connectivity index (χ1v) is 8.34. The fourth-order valence-electron chi connectivity index (χ4n) is 2.71. The van der Waals surface area contributed by atoms with E-state index in [1.165, 1.54) is 29.7 Å². The Bertz CT molecular complexity index is 742. The van der Waals surface area contributed by atoms with Gasteiger partial charge in [-0.3, -0.25) is 0 Å². The molecule has 24 heavy (non-hydrogen) atoms. The molecule has 0 amide bonds.